The zero-order valence-electron chi connectivity index (χ0n) is 15.4. The van der Waals surface area contributed by atoms with Gasteiger partial charge in [0.2, 0.25) is 0 Å². The second kappa shape index (κ2) is 6.87. The van der Waals surface area contributed by atoms with E-state index in [0.717, 1.165) is 48.4 Å². The number of quaternary nitrogens is 1. The standard InChI is InChI=1S/C22H21NO5/c24-16-4-5-17-15(11-22(25)28-20(17)12-16)13-23-7-1-2-18(23)14-3-6-19-21(10-14)27-9-8-26-19/h3-6,10-12,18,24H,1-2,7-9,13H2/p+1/t18-/m1/s1. The minimum atomic E-state index is -0.387. The van der Waals surface area contributed by atoms with E-state index < -0.39 is 0 Å². The quantitative estimate of drug-likeness (QED) is 0.682. The van der Waals surface area contributed by atoms with Gasteiger partial charge in [-0.05, 0) is 30.3 Å². The second-order valence-corrected chi connectivity index (χ2v) is 7.45. The topological polar surface area (TPSA) is 73.3 Å². The number of hydrogen-bond acceptors (Lipinski definition) is 5. The molecule has 0 amide bonds. The first kappa shape index (κ1) is 17.1. The molecule has 6 nitrogen and oxygen atoms in total. The molecule has 1 saturated heterocycles. The molecule has 2 aliphatic heterocycles. The number of ether oxygens (including phenoxy) is 2. The molecule has 0 radical (unpaired) electrons. The lowest BCUT2D eigenvalue weighted by molar-refractivity contribution is -0.931. The fourth-order valence-corrected chi connectivity index (χ4v) is 4.41. The summed E-state index contributed by atoms with van der Waals surface area (Å²) in [5.41, 5.74) is 2.23. The van der Waals surface area contributed by atoms with E-state index in [-0.39, 0.29) is 11.4 Å². The Balaban J connectivity index is 1.47. The molecule has 28 heavy (non-hydrogen) atoms. The zero-order chi connectivity index (χ0) is 19.1. The van der Waals surface area contributed by atoms with Gasteiger partial charge in [0, 0.05) is 41.5 Å². The fourth-order valence-electron chi connectivity index (χ4n) is 4.41. The van der Waals surface area contributed by atoms with Gasteiger partial charge in [0.05, 0.1) is 6.54 Å². The Hall–Kier alpha value is -2.99. The van der Waals surface area contributed by atoms with E-state index in [2.05, 4.69) is 12.1 Å². The van der Waals surface area contributed by atoms with Gasteiger partial charge in [-0.1, -0.05) is 0 Å². The molecule has 144 valence electrons. The maximum Gasteiger partial charge on any atom is 0.336 e. The third kappa shape index (κ3) is 3.10. The van der Waals surface area contributed by atoms with Crippen molar-refractivity contribution in [2.45, 2.75) is 25.4 Å². The number of phenolic OH excluding ortho intramolecular Hbond substituents is 1. The molecule has 3 aromatic rings. The predicted molar refractivity (Wildman–Crippen MR) is 103 cm³/mol. The Morgan fingerprint density at radius 3 is 2.79 bits per heavy atom. The summed E-state index contributed by atoms with van der Waals surface area (Å²) in [7, 11) is 0. The molecule has 0 spiro atoms. The number of hydrogen-bond donors (Lipinski definition) is 2. The van der Waals surface area contributed by atoms with E-state index in [0.29, 0.717) is 24.8 Å². The Morgan fingerprint density at radius 1 is 1.04 bits per heavy atom. The molecule has 6 heteroatoms. The van der Waals surface area contributed by atoms with Crippen molar-refractivity contribution in [3.05, 3.63) is 64.0 Å². The SMILES string of the molecule is O=c1cc(C[NH+]2CCC[C@@H]2c2ccc3c(c2)OCCO3)c2ccc(O)cc2o1. The normalized spacial score (nSPS) is 21.1. The highest BCUT2D eigenvalue weighted by molar-refractivity contribution is 5.81. The van der Waals surface area contributed by atoms with Crippen molar-refractivity contribution < 1.29 is 23.9 Å². The molecule has 1 unspecified atom stereocenters. The van der Waals surface area contributed by atoms with Gasteiger partial charge in [-0.2, -0.15) is 0 Å². The molecule has 3 heterocycles. The Labute approximate surface area is 161 Å². The summed E-state index contributed by atoms with van der Waals surface area (Å²) in [6.07, 6.45) is 2.23. The number of nitrogens with one attached hydrogen (secondary N) is 1. The average molecular weight is 380 g/mol. The number of aromatic hydroxyl groups is 1. The second-order valence-electron chi connectivity index (χ2n) is 7.45. The van der Waals surface area contributed by atoms with Crippen LogP contribution in [-0.4, -0.2) is 24.9 Å². The van der Waals surface area contributed by atoms with Crippen LogP contribution in [0.3, 0.4) is 0 Å². The van der Waals surface area contributed by atoms with Crippen LogP contribution in [0.4, 0.5) is 0 Å². The van der Waals surface area contributed by atoms with E-state index in [4.69, 9.17) is 13.9 Å². The van der Waals surface area contributed by atoms with Crippen LogP contribution in [0.5, 0.6) is 17.2 Å². The minimum Gasteiger partial charge on any atom is -0.508 e. The van der Waals surface area contributed by atoms with Gasteiger partial charge >= 0.3 is 5.63 Å². The van der Waals surface area contributed by atoms with Gasteiger partial charge in [0.15, 0.2) is 11.5 Å². The molecule has 0 bridgehead atoms. The van der Waals surface area contributed by atoms with Crippen LogP contribution in [0, 0.1) is 0 Å². The molecule has 0 saturated carbocycles. The number of phenols is 1. The molecule has 1 fully saturated rings. The smallest absolute Gasteiger partial charge is 0.336 e. The number of likely N-dealkylation sites (tertiary alicyclic amines) is 1. The highest BCUT2D eigenvalue weighted by atomic mass is 16.6. The lowest BCUT2D eigenvalue weighted by Gasteiger charge is -2.24. The summed E-state index contributed by atoms with van der Waals surface area (Å²) in [6.45, 7) is 2.94. The van der Waals surface area contributed by atoms with Gasteiger partial charge in [-0.25, -0.2) is 4.79 Å². The Morgan fingerprint density at radius 2 is 1.89 bits per heavy atom. The first-order valence-corrected chi connectivity index (χ1v) is 9.67. The van der Waals surface area contributed by atoms with E-state index >= 15 is 0 Å². The third-order valence-electron chi connectivity index (χ3n) is 5.68. The van der Waals surface area contributed by atoms with Gasteiger partial charge in [0.1, 0.15) is 37.1 Å². The molecular formula is C22H22NO5+. The number of rotatable bonds is 3. The molecule has 2 N–H and O–H groups in total. The van der Waals surface area contributed by atoms with Crippen LogP contribution >= 0.6 is 0 Å². The first-order chi connectivity index (χ1) is 13.7. The van der Waals surface area contributed by atoms with Crippen molar-refractivity contribution in [2.24, 2.45) is 0 Å². The fraction of sp³-hybridized carbons (Fsp3) is 0.318. The van der Waals surface area contributed by atoms with Gasteiger partial charge in [-0.15, -0.1) is 0 Å². The van der Waals surface area contributed by atoms with E-state index in [9.17, 15) is 9.90 Å². The lowest BCUT2D eigenvalue weighted by atomic mass is 10.0. The van der Waals surface area contributed by atoms with Crippen molar-refractivity contribution >= 4 is 11.0 Å². The zero-order valence-corrected chi connectivity index (χ0v) is 15.4. The van der Waals surface area contributed by atoms with Gasteiger partial charge in [0.25, 0.3) is 0 Å². The van der Waals surface area contributed by atoms with Crippen LogP contribution in [0.2, 0.25) is 0 Å². The van der Waals surface area contributed by atoms with E-state index in [1.807, 2.05) is 12.1 Å². The third-order valence-corrected chi connectivity index (χ3v) is 5.68. The molecular weight excluding hydrogens is 358 g/mol. The summed E-state index contributed by atoms with van der Waals surface area (Å²) >= 11 is 0. The van der Waals surface area contributed by atoms with Crippen LogP contribution in [0.25, 0.3) is 11.0 Å². The van der Waals surface area contributed by atoms with E-state index in [1.165, 1.54) is 16.5 Å². The molecule has 2 atom stereocenters. The lowest BCUT2D eigenvalue weighted by Crippen LogP contribution is -3.08. The summed E-state index contributed by atoms with van der Waals surface area (Å²) in [4.78, 5) is 13.4. The summed E-state index contributed by atoms with van der Waals surface area (Å²) < 4.78 is 16.7. The monoisotopic (exact) mass is 380 g/mol. The van der Waals surface area contributed by atoms with Gasteiger partial charge < -0.3 is 23.9 Å². The largest absolute Gasteiger partial charge is 0.508 e. The number of fused-ring (bicyclic) bond motifs is 2. The number of benzene rings is 2. The molecule has 0 aliphatic carbocycles. The Kier molecular flexibility index (Phi) is 4.20. The first-order valence-electron chi connectivity index (χ1n) is 9.67. The van der Waals surface area contributed by atoms with Crippen molar-refractivity contribution in [1.29, 1.82) is 0 Å². The highest BCUT2D eigenvalue weighted by Crippen LogP contribution is 2.33. The molecule has 1 aromatic heterocycles. The van der Waals surface area contributed by atoms with Crippen molar-refractivity contribution in [3.63, 3.8) is 0 Å². The average Bonchev–Trinajstić information content (AvgIpc) is 3.15. The predicted octanol–water partition coefficient (Wildman–Crippen LogP) is 2.19. The van der Waals surface area contributed by atoms with Crippen molar-refractivity contribution in [1.82, 2.24) is 0 Å². The molecule has 2 aliphatic rings. The van der Waals surface area contributed by atoms with Crippen LogP contribution in [0.1, 0.15) is 30.0 Å². The van der Waals surface area contributed by atoms with Crippen molar-refractivity contribution in [3.8, 4) is 17.2 Å². The molecule has 2 aromatic carbocycles. The summed E-state index contributed by atoms with van der Waals surface area (Å²) in [6, 6.07) is 13.1. The maximum absolute atomic E-state index is 12.0. The minimum absolute atomic E-state index is 0.0930. The summed E-state index contributed by atoms with van der Waals surface area (Å²) in [5.74, 6) is 1.72. The van der Waals surface area contributed by atoms with Crippen LogP contribution < -0.4 is 20.0 Å². The van der Waals surface area contributed by atoms with Crippen LogP contribution in [-0.2, 0) is 6.54 Å². The Bertz CT molecular complexity index is 1090. The highest BCUT2D eigenvalue weighted by Gasteiger charge is 2.31. The molecule has 5 rings (SSSR count). The van der Waals surface area contributed by atoms with E-state index in [1.54, 1.807) is 12.1 Å². The van der Waals surface area contributed by atoms with Crippen LogP contribution in [0.15, 0.2) is 51.7 Å². The van der Waals surface area contributed by atoms with Crippen molar-refractivity contribution in [2.75, 3.05) is 19.8 Å². The summed E-state index contributed by atoms with van der Waals surface area (Å²) in [5, 5.41) is 10.6. The maximum atomic E-state index is 12.0. The van der Waals surface area contributed by atoms with Gasteiger partial charge in [-0.3, -0.25) is 0 Å².